The van der Waals surface area contributed by atoms with Gasteiger partial charge in [0.2, 0.25) is 17.8 Å². The lowest BCUT2D eigenvalue weighted by molar-refractivity contribution is -0.136. The number of hydrogen-bond acceptors (Lipinski definition) is 12. The zero-order chi connectivity index (χ0) is 41.5. The molecule has 0 aliphatic carbocycles. The van der Waals surface area contributed by atoms with Gasteiger partial charge in [-0.25, -0.2) is 14.8 Å². The molecule has 5 aliphatic rings. The summed E-state index contributed by atoms with van der Waals surface area (Å²) in [5.74, 6) is 0.454. The van der Waals surface area contributed by atoms with E-state index in [1.807, 2.05) is 48.2 Å². The van der Waals surface area contributed by atoms with Crippen molar-refractivity contribution in [2.75, 3.05) is 78.9 Å². The minimum Gasteiger partial charge on any atom is -0.369 e. The summed E-state index contributed by atoms with van der Waals surface area (Å²) in [6, 6.07) is 15.1. The standard InChI is InChI=1S/C44H50N12O4/c1-28-25-55(29(2)24-54(28)37-8-5-31(21-45)40-36(37)4-3-13-46-40)44(60)49-33-22-47-43(48-23-33)53-14-11-30(12-15-53)26-51-16-18-52(19-17-51)34-6-7-35-32(20-34)27-56(42(35)59)38-9-10-39(57)50-41(38)58/h3-8,13,20,22-23,28-30,38H,9-12,14-19,24-27H2,1-2H3,(H,49,60)(H,50,57,58)/t28-,29+,38?/m0/s1. The van der Waals surface area contributed by atoms with Crippen molar-refractivity contribution in [3.8, 4) is 6.07 Å². The normalized spacial score (nSPS) is 22.9. The number of nitrogens with zero attached hydrogens (tertiary/aromatic N) is 10. The Morgan fingerprint density at radius 1 is 0.883 bits per heavy atom. The number of fused-ring (bicyclic) bond motifs is 2. The van der Waals surface area contributed by atoms with Crippen molar-refractivity contribution in [2.24, 2.45) is 5.92 Å². The predicted molar refractivity (Wildman–Crippen MR) is 227 cm³/mol. The maximum atomic E-state index is 13.5. The average Bonchev–Trinajstić information content (AvgIpc) is 3.59. The van der Waals surface area contributed by atoms with Gasteiger partial charge in [0.05, 0.1) is 29.2 Å². The molecule has 0 bridgehead atoms. The van der Waals surface area contributed by atoms with Crippen molar-refractivity contribution >= 4 is 57.7 Å². The van der Waals surface area contributed by atoms with Gasteiger partial charge in [-0.1, -0.05) is 0 Å². The zero-order valence-electron chi connectivity index (χ0n) is 34.1. The summed E-state index contributed by atoms with van der Waals surface area (Å²) in [6.45, 7) is 12.3. The average molecular weight is 811 g/mol. The van der Waals surface area contributed by atoms with E-state index in [2.05, 4.69) is 64.2 Å². The monoisotopic (exact) mass is 810 g/mol. The molecule has 2 N–H and O–H groups in total. The number of nitriles is 1. The molecule has 3 atom stereocenters. The van der Waals surface area contributed by atoms with E-state index in [1.54, 1.807) is 23.5 Å². The Labute approximate surface area is 349 Å². The Balaban J connectivity index is 0.722. The molecule has 5 aliphatic heterocycles. The van der Waals surface area contributed by atoms with Crippen molar-refractivity contribution in [1.29, 1.82) is 5.26 Å². The second-order valence-corrected chi connectivity index (χ2v) is 16.8. The number of piperidine rings is 2. The molecular weight excluding hydrogens is 761 g/mol. The number of aromatic nitrogens is 3. The van der Waals surface area contributed by atoms with Crippen LogP contribution >= 0.6 is 0 Å². The molecule has 2 aromatic heterocycles. The minimum atomic E-state index is -0.606. The number of piperazine rings is 2. The lowest BCUT2D eigenvalue weighted by Crippen LogP contribution is -2.59. The summed E-state index contributed by atoms with van der Waals surface area (Å²) in [4.78, 5) is 77.4. The van der Waals surface area contributed by atoms with Crippen LogP contribution in [0.5, 0.6) is 0 Å². The fourth-order valence-electron chi connectivity index (χ4n) is 9.61. The van der Waals surface area contributed by atoms with Crippen molar-refractivity contribution in [3.63, 3.8) is 0 Å². The van der Waals surface area contributed by atoms with E-state index >= 15 is 0 Å². The molecule has 16 heteroatoms. The number of rotatable bonds is 7. The van der Waals surface area contributed by atoms with E-state index in [0.717, 1.165) is 81.0 Å². The molecule has 0 saturated carbocycles. The van der Waals surface area contributed by atoms with E-state index in [1.165, 1.54) is 0 Å². The van der Waals surface area contributed by atoms with Crippen LogP contribution in [0.1, 0.15) is 61.0 Å². The number of pyridine rings is 1. The van der Waals surface area contributed by atoms with E-state index < -0.39 is 6.04 Å². The largest absolute Gasteiger partial charge is 0.369 e. The third-order valence-electron chi connectivity index (χ3n) is 13.0. The quantitative estimate of drug-likeness (QED) is 0.259. The molecule has 310 valence electrons. The van der Waals surface area contributed by atoms with Gasteiger partial charge in [-0.2, -0.15) is 5.26 Å². The third-order valence-corrected chi connectivity index (χ3v) is 13.0. The first-order chi connectivity index (χ1) is 29.1. The topological polar surface area (TPSA) is 174 Å². The van der Waals surface area contributed by atoms with E-state index in [-0.39, 0.29) is 42.3 Å². The number of urea groups is 1. The number of nitrogens with one attached hydrogen (secondary N) is 2. The molecule has 9 rings (SSSR count). The summed E-state index contributed by atoms with van der Waals surface area (Å²) in [5.41, 5.74) is 5.49. The Hall–Kier alpha value is -6.34. The number of imide groups is 1. The fraction of sp³-hybridized carbons (Fsp3) is 0.455. The summed E-state index contributed by atoms with van der Waals surface area (Å²) >= 11 is 0. The third kappa shape index (κ3) is 7.65. The highest BCUT2D eigenvalue weighted by molar-refractivity contribution is 6.05. The van der Waals surface area contributed by atoms with Crippen molar-refractivity contribution < 1.29 is 19.2 Å². The highest BCUT2D eigenvalue weighted by atomic mass is 16.2. The van der Waals surface area contributed by atoms with Crippen LogP contribution in [0.15, 0.2) is 61.1 Å². The van der Waals surface area contributed by atoms with Crippen LogP contribution in [0.3, 0.4) is 0 Å². The predicted octanol–water partition coefficient (Wildman–Crippen LogP) is 3.83. The molecule has 4 fully saturated rings. The molecule has 0 radical (unpaired) electrons. The van der Waals surface area contributed by atoms with Crippen LogP contribution < -0.4 is 25.3 Å². The van der Waals surface area contributed by atoms with Gasteiger partial charge in [0.25, 0.3) is 5.91 Å². The van der Waals surface area contributed by atoms with Crippen LogP contribution in [0.2, 0.25) is 0 Å². The Morgan fingerprint density at radius 2 is 1.67 bits per heavy atom. The Bertz CT molecular complexity index is 2350. The fourth-order valence-corrected chi connectivity index (χ4v) is 9.61. The molecule has 0 spiro atoms. The number of carbonyl (C=O) groups is 4. The Morgan fingerprint density at radius 3 is 2.42 bits per heavy atom. The molecule has 16 nitrogen and oxygen atoms in total. The van der Waals surface area contributed by atoms with Gasteiger partial charge in [0, 0.05) is 112 Å². The molecular formula is C44H50N12O4. The van der Waals surface area contributed by atoms with Crippen LogP contribution in [-0.4, -0.2) is 130 Å². The van der Waals surface area contributed by atoms with Crippen LogP contribution in [-0.2, 0) is 16.1 Å². The number of hydrogen-bond donors (Lipinski definition) is 2. The Kier molecular flexibility index (Phi) is 10.7. The summed E-state index contributed by atoms with van der Waals surface area (Å²) in [5, 5.41) is 15.9. The molecule has 4 saturated heterocycles. The zero-order valence-corrected chi connectivity index (χ0v) is 34.1. The second kappa shape index (κ2) is 16.4. The molecule has 4 aromatic rings. The number of anilines is 4. The highest BCUT2D eigenvalue weighted by Crippen LogP contribution is 2.33. The van der Waals surface area contributed by atoms with Gasteiger partial charge in [-0.3, -0.25) is 29.6 Å². The van der Waals surface area contributed by atoms with Gasteiger partial charge < -0.3 is 29.8 Å². The second-order valence-electron chi connectivity index (χ2n) is 16.8. The maximum Gasteiger partial charge on any atom is 0.322 e. The van der Waals surface area contributed by atoms with Crippen molar-refractivity contribution in [2.45, 2.75) is 64.2 Å². The van der Waals surface area contributed by atoms with E-state index in [4.69, 9.17) is 0 Å². The van der Waals surface area contributed by atoms with E-state index in [9.17, 15) is 24.4 Å². The number of amides is 5. The number of carbonyl (C=O) groups excluding carboxylic acids is 4. The van der Waals surface area contributed by atoms with Crippen LogP contribution in [0.25, 0.3) is 10.9 Å². The van der Waals surface area contributed by atoms with Crippen molar-refractivity contribution in [1.82, 2.24) is 35.0 Å². The van der Waals surface area contributed by atoms with E-state index in [0.29, 0.717) is 60.3 Å². The lowest BCUT2D eigenvalue weighted by atomic mass is 9.96. The summed E-state index contributed by atoms with van der Waals surface area (Å²) in [6.07, 6.45) is 7.82. The molecule has 7 heterocycles. The smallest absolute Gasteiger partial charge is 0.322 e. The first-order valence-electron chi connectivity index (χ1n) is 21.1. The number of benzene rings is 2. The van der Waals surface area contributed by atoms with Crippen molar-refractivity contribution in [3.05, 3.63) is 77.7 Å². The molecule has 5 amide bonds. The van der Waals surface area contributed by atoms with Gasteiger partial charge in [0.1, 0.15) is 12.1 Å². The van der Waals surface area contributed by atoms with Crippen LogP contribution in [0, 0.1) is 17.2 Å². The van der Waals surface area contributed by atoms with Gasteiger partial charge in [-0.15, -0.1) is 0 Å². The maximum absolute atomic E-state index is 13.5. The molecule has 2 aromatic carbocycles. The molecule has 1 unspecified atom stereocenters. The molecule has 60 heavy (non-hydrogen) atoms. The SMILES string of the molecule is C[C@@H]1CN(c2ccc(C#N)c3ncccc23)[C@@H](C)CN1C(=O)Nc1cnc(N2CCC(CN3CCN(c4ccc5c(c4)CN(C4CCC(=O)NC4=O)C5=O)CC3)CC2)nc1. The highest BCUT2D eigenvalue weighted by Gasteiger charge is 2.39. The summed E-state index contributed by atoms with van der Waals surface area (Å²) < 4.78 is 0. The minimum absolute atomic E-state index is 0.0434. The van der Waals surface area contributed by atoms with Crippen LogP contribution in [0.4, 0.5) is 27.8 Å². The van der Waals surface area contributed by atoms with Gasteiger partial charge >= 0.3 is 6.03 Å². The van der Waals surface area contributed by atoms with Gasteiger partial charge in [-0.05, 0) is 87.1 Å². The first-order valence-corrected chi connectivity index (χ1v) is 21.1. The lowest BCUT2D eigenvalue weighted by Gasteiger charge is -2.45. The van der Waals surface area contributed by atoms with Gasteiger partial charge in [0.15, 0.2) is 0 Å². The summed E-state index contributed by atoms with van der Waals surface area (Å²) in [7, 11) is 0. The first kappa shape index (κ1) is 39.1.